The fraction of sp³-hybridized carbons (Fsp3) is 0. The summed E-state index contributed by atoms with van der Waals surface area (Å²) in [7, 11) is -2.83. The fourth-order valence-corrected chi connectivity index (χ4v) is 14.4. The highest BCUT2D eigenvalue weighted by atomic mass is 28.3. The molecule has 4 heterocycles. The lowest BCUT2D eigenvalue weighted by molar-refractivity contribution is 0.997. The molecule has 0 amide bonds. The van der Waals surface area contributed by atoms with Gasteiger partial charge in [0.25, 0.3) is 0 Å². The van der Waals surface area contributed by atoms with E-state index in [-0.39, 0.29) is 0 Å². The quantitative estimate of drug-likeness (QED) is 0.119. The van der Waals surface area contributed by atoms with Gasteiger partial charge in [-0.3, -0.25) is 13.5 Å². The summed E-state index contributed by atoms with van der Waals surface area (Å²) in [5, 5.41) is 7.70. The van der Waals surface area contributed by atoms with Crippen molar-refractivity contribution in [2.45, 2.75) is 0 Å². The first-order valence-electron chi connectivity index (χ1n) is 20.4. The molecule has 0 aliphatic rings. The molecule has 0 radical (unpaired) electrons. The Balaban J connectivity index is 1.19. The van der Waals surface area contributed by atoms with Gasteiger partial charge >= 0.3 is 0 Å². The molecule has 0 aliphatic carbocycles. The van der Waals surface area contributed by atoms with Gasteiger partial charge in [0.15, 0.2) is 8.07 Å². The van der Waals surface area contributed by atoms with Gasteiger partial charge in [-0.2, -0.15) is 0 Å². The molecule has 0 atom stereocenters. The summed E-state index contributed by atoms with van der Waals surface area (Å²) < 4.78 is 6.91. The SMILES string of the molecule is c1ccc(-c2cc(-n3c4ccccc4c4ccccc43)nc(-n3c4ccc([Si](c5ccccc5)(c5ccccc5)c5ccccc5)cc4n4c5ccccc5nc34)c2)cc1. The fourth-order valence-electron chi connectivity index (χ4n) is 9.62. The molecule has 12 aromatic rings. The maximum Gasteiger partial charge on any atom is 0.221 e. The van der Waals surface area contributed by atoms with Crippen LogP contribution < -0.4 is 20.7 Å². The van der Waals surface area contributed by atoms with Crippen LogP contribution in [-0.4, -0.2) is 31.6 Å². The van der Waals surface area contributed by atoms with Crippen molar-refractivity contribution < 1.29 is 0 Å². The van der Waals surface area contributed by atoms with E-state index in [0.29, 0.717) is 0 Å². The highest BCUT2D eigenvalue weighted by Gasteiger charge is 2.41. The molecule has 12 rings (SSSR count). The van der Waals surface area contributed by atoms with Crippen molar-refractivity contribution in [2.75, 3.05) is 0 Å². The predicted octanol–water partition coefficient (Wildman–Crippen LogP) is 9.97. The molecule has 282 valence electrons. The summed E-state index contributed by atoms with van der Waals surface area (Å²) in [6.45, 7) is 0. The Morgan fingerprint density at radius 2 is 0.800 bits per heavy atom. The maximum atomic E-state index is 5.61. The third-order valence-corrected chi connectivity index (χ3v) is 17.0. The molecule has 8 aromatic carbocycles. The molecule has 0 aliphatic heterocycles. The van der Waals surface area contributed by atoms with Gasteiger partial charge in [0.2, 0.25) is 5.78 Å². The van der Waals surface area contributed by atoms with Crippen LogP contribution in [0.3, 0.4) is 0 Å². The topological polar surface area (TPSA) is 40.0 Å². The van der Waals surface area contributed by atoms with Gasteiger partial charge in [-0.15, -0.1) is 0 Å². The first kappa shape index (κ1) is 34.3. The minimum absolute atomic E-state index is 0.800. The molecular formula is C54H37N5Si. The summed E-state index contributed by atoms with van der Waals surface area (Å²) in [4.78, 5) is 11.0. The zero-order valence-electron chi connectivity index (χ0n) is 32.6. The number of rotatable bonds is 7. The Bertz CT molecular complexity index is 3380. The highest BCUT2D eigenvalue weighted by molar-refractivity contribution is 7.20. The molecule has 0 fully saturated rings. The zero-order valence-corrected chi connectivity index (χ0v) is 33.6. The highest BCUT2D eigenvalue weighted by Crippen LogP contribution is 2.35. The minimum Gasteiger partial charge on any atom is -0.294 e. The van der Waals surface area contributed by atoms with Gasteiger partial charge in [0.1, 0.15) is 11.6 Å². The van der Waals surface area contributed by atoms with E-state index in [1.54, 1.807) is 0 Å². The van der Waals surface area contributed by atoms with Crippen LogP contribution in [0.5, 0.6) is 0 Å². The maximum absolute atomic E-state index is 5.61. The third-order valence-electron chi connectivity index (χ3n) is 12.2. The number of imidazole rings is 2. The van der Waals surface area contributed by atoms with Crippen LogP contribution >= 0.6 is 0 Å². The summed E-state index contributed by atoms with van der Waals surface area (Å²) in [6.07, 6.45) is 0. The molecule has 0 saturated carbocycles. The molecule has 60 heavy (non-hydrogen) atoms. The van der Waals surface area contributed by atoms with Gasteiger partial charge < -0.3 is 0 Å². The van der Waals surface area contributed by atoms with E-state index in [2.05, 4.69) is 238 Å². The average molecular weight is 784 g/mol. The molecule has 0 saturated heterocycles. The molecule has 0 bridgehead atoms. The standard InChI is InChI=1S/C54H37N5Si/c1-5-19-38(20-6-1)39-35-52(57-47-30-16-13-27-44(47)45-28-14-17-31-48(45)57)56-53(36-39)59-50-34-33-43(37-51(50)58-49-32-18-15-29-46(49)55-54(58)59)60(40-21-7-2-8-22-40,41-23-9-3-10-24-41)42-25-11-4-12-26-42/h1-37H. The molecular weight excluding hydrogens is 747 g/mol. The minimum atomic E-state index is -2.83. The van der Waals surface area contributed by atoms with Crippen LogP contribution in [0.25, 0.3) is 72.4 Å². The normalized spacial score (nSPS) is 12.0. The molecule has 4 aromatic heterocycles. The van der Waals surface area contributed by atoms with Crippen LogP contribution in [0.1, 0.15) is 0 Å². The number of para-hydroxylation sites is 4. The lowest BCUT2D eigenvalue weighted by Crippen LogP contribution is -2.74. The van der Waals surface area contributed by atoms with Crippen molar-refractivity contribution in [2.24, 2.45) is 0 Å². The van der Waals surface area contributed by atoms with Gasteiger partial charge in [0, 0.05) is 10.8 Å². The van der Waals surface area contributed by atoms with Crippen LogP contribution in [0.2, 0.25) is 0 Å². The average Bonchev–Trinajstić information content (AvgIpc) is 3.97. The molecule has 0 unspecified atom stereocenters. The van der Waals surface area contributed by atoms with Crippen molar-refractivity contribution in [1.82, 2.24) is 23.5 Å². The van der Waals surface area contributed by atoms with E-state index in [4.69, 9.17) is 9.97 Å². The van der Waals surface area contributed by atoms with Crippen molar-refractivity contribution in [3.05, 3.63) is 224 Å². The van der Waals surface area contributed by atoms with E-state index in [1.165, 1.54) is 31.5 Å². The lowest BCUT2D eigenvalue weighted by atomic mass is 10.1. The number of pyridine rings is 1. The number of nitrogens with zero attached hydrogens (tertiary/aromatic N) is 5. The van der Waals surface area contributed by atoms with Crippen LogP contribution in [-0.2, 0) is 0 Å². The van der Waals surface area contributed by atoms with Gasteiger partial charge in [-0.25, -0.2) is 9.97 Å². The second-order valence-corrected chi connectivity index (χ2v) is 19.2. The Labute approximate surface area is 347 Å². The van der Waals surface area contributed by atoms with Crippen LogP contribution in [0.4, 0.5) is 0 Å². The predicted molar refractivity (Wildman–Crippen MR) is 251 cm³/mol. The summed E-state index contributed by atoms with van der Waals surface area (Å²) in [5.41, 5.74) is 8.55. The van der Waals surface area contributed by atoms with Gasteiger partial charge in [0.05, 0.1) is 33.1 Å². The van der Waals surface area contributed by atoms with Crippen molar-refractivity contribution in [1.29, 1.82) is 0 Å². The number of benzene rings is 8. The van der Waals surface area contributed by atoms with Crippen LogP contribution in [0, 0.1) is 0 Å². The Morgan fingerprint density at radius 3 is 1.38 bits per heavy atom. The van der Waals surface area contributed by atoms with E-state index in [9.17, 15) is 0 Å². The Morgan fingerprint density at radius 1 is 0.317 bits per heavy atom. The summed E-state index contributed by atoms with van der Waals surface area (Å²) in [6, 6.07) is 81.2. The largest absolute Gasteiger partial charge is 0.294 e. The number of hydrogen-bond donors (Lipinski definition) is 0. The Kier molecular flexibility index (Phi) is 7.80. The monoisotopic (exact) mass is 783 g/mol. The van der Waals surface area contributed by atoms with Crippen molar-refractivity contribution >= 4 is 78.5 Å². The van der Waals surface area contributed by atoms with E-state index >= 15 is 0 Å². The van der Waals surface area contributed by atoms with E-state index in [1.807, 2.05) is 0 Å². The molecule has 6 heteroatoms. The van der Waals surface area contributed by atoms with Crippen molar-refractivity contribution in [3.8, 4) is 22.8 Å². The Hall–Kier alpha value is -7.80. The van der Waals surface area contributed by atoms with E-state index < -0.39 is 8.07 Å². The van der Waals surface area contributed by atoms with Crippen molar-refractivity contribution in [3.63, 3.8) is 0 Å². The zero-order chi connectivity index (χ0) is 39.6. The third kappa shape index (κ3) is 5.11. The molecule has 5 nitrogen and oxygen atoms in total. The number of hydrogen-bond acceptors (Lipinski definition) is 2. The first-order valence-corrected chi connectivity index (χ1v) is 22.4. The summed E-state index contributed by atoms with van der Waals surface area (Å²) >= 11 is 0. The number of aromatic nitrogens is 5. The summed E-state index contributed by atoms with van der Waals surface area (Å²) in [5.74, 6) is 2.47. The smallest absolute Gasteiger partial charge is 0.221 e. The molecule has 0 N–H and O–H groups in total. The first-order chi connectivity index (χ1) is 29.8. The number of fused-ring (bicyclic) bond motifs is 8. The van der Waals surface area contributed by atoms with E-state index in [0.717, 1.165) is 61.6 Å². The van der Waals surface area contributed by atoms with Crippen LogP contribution in [0.15, 0.2) is 224 Å². The second-order valence-electron chi connectivity index (χ2n) is 15.4. The second kappa shape index (κ2) is 13.7. The lowest BCUT2D eigenvalue weighted by Gasteiger charge is -2.34. The van der Waals surface area contributed by atoms with Gasteiger partial charge in [-0.05, 0) is 80.4 Å². The van der Waals surface area contributed by atoms with Gasteiger partial charge in [-0.1, -0.05) is 176 Å². The molecule has 0 spiro atoms.